The van der Waals surface area contributed by atoms with Gasteiger partial charge in [-0.25, -0.2) is 0 Å². The number of rotatable bonds is 3. The highest BCUT2D eigenvalue weighted by atomic mass is 16.7. The van der Waals surface area contributed by atoms with E-state index in [0.29, 0.717) is 6.54 Å². The van der Waals surface area contributed by atoms with E-state index in [4.69, 9.17) is 9.47 Å². The zero-order valence-corrected chi connectivity index (χ0v) is 12.4. The lowest BCUT2D eigenvalue weighted by Gasteiger charge is -2.19. The average Bonchev–Trinajstić information content (AvgIpc) is 3.21. The molecule has 0 saturated carbocycles. The minimum atomic E-state index is -0.167. The molecule has 118 valence electrons. The number of phenolic OH excluding ortho intramolecular Hbond substituents is 1. The highest BCUT2D eigenvalue weighted by Crippen LogP contribution is 2.42. The summed E-state index contributed by atoms with van der Waals surface area (Å²) in [4.78, 5) is 11.7. The first-order valence-electron chi connectivity index (χ1n) is 7.63. The van der Waals surface area contributed by atoms with Gasteiger partial charge in [-0.05, 0) is 35.4 Å². The van der Waals surface area contributed by atoms with Crippen LogP contribution in [0.3, 0.4) is 0 Å². The van der Waals surface area contributed by atoms with E-state index < -0.39 is 0 Å². The summed E-state index contributed by atoms with van der Waals surface area (Å²) in [6.07, 6.45) is 1.02. The van der Waals surface area contributed by atoms with Crippen LogP contribution in [-0.2, 0) is 4.79 Å². The number of carbonyl (C=O) groups excluding carboxylic acids is 1. The van der Waals surface area contributed by atoms with Crippen LogP contribution >= 0.6 is 0 Å². The zero-order chi connectivity index (χ0) is 15.8. The van der Waals surface area contributed by atoms with Gasteiger partial charge in [0.05, 0.1) is 0 Å². The van der Waals surface area contributed by atoms with E-state index in [-0.39, 0.29) is 30.4 Å². The van der Waals surface area contributed by atoms with Crippen LogP contribution in [0.2, 0.25) is 0 Å². The predicted octanol–water partition coefficient (Wildman–Crippen LogP) is 2.36. The molecule has 5 heteroatoms. The summed E-state index contributed by atoms with van der Waals surface area (Å²) in [6, 6.07) is 12.8. The molecule has 2 aliphatic heterocycles. The fraction of sp³-hybridized carbons (Fsp3) is 0.278. The van der Waals surface area contributed by atoms with E-state index in [1.165, 1.54) is 0 Å². The summed E-state index contributed by atoms with van der Waals surface area (Å²) >= 11 is 0. The molecule has 4 rings (SSSR count). The molecular weight excluding hydrogens is 294 g/mol. The summed E-state index contributed by atoms with van der Waals surface area (Å²) in [7, 11) is 0. The molecule has 3 atom stereocenters. The van der Waals surface area contributed by atoms with Crippen molar-refractivity contribution in [3.63, 3.8) is 0 Å². The van der Waals surface area contributed by atoms with Crippen LogP contribution in [0.25, 0.3) is 0 Å². The second kappa shape index (κ2) is 5.59. The molecule has 2 heterocycles. The van der Waals surface area contributed by atoms with Crippen molar-refractivity contribution < 1.29 is 19.4 Å². The number of phenols is 1. The van der Waals surface area contributed by atoms with Crippen LogP contribution in [0.15, 0.2) is 42.5 Å². The van der Waals surface area contributed by atoms with Crippen LogP contribution in [0.5, 0.6) is 17.2 Å². The summed E-state index contributed by atoms with van der Waals surface area (Å²) in [5.41, 5.74) is 2.07. The molecule has 23 heavy (non-hydrogen) atoms. The summed E-state index contributed by atoms with van der Waals surface area (Å²) < 4.78 is 10.8. The third-order valence-electron chi connectivity index (χ3n) is 4.64. The van der Waals surface area contributed by atoms with Crippen LogP contribution in [0.1, 0.15) is 23.1 Å². The fourth-order valence-electron chi connectivity index (χ4n) is 3.44. The van der Waals surface area contributed by atoms with E-state index in [0.717, 1.165) is 28.9 Å². The molecule has 1 saturated heterocycles. The normalized spacial score (nSPS) is 25.5. The number of nitrogens with one attached hydrogen (secondary N) is 1. The van der Waals surface area contributed by atoms with Gasteiger partial charge in [-0.15, -0.1) is 0 Å². The van der Waals surface area contributed by atoms with Crippen molar-refractivity contribution in [3.8, 4) is 17.2 Å². The molecule has 0 amide bonds. The molecule has 2 N–H and O–H groups in total. The van der Waals surface area contributed by atoms with E-state index in [2.05, 4.69) is 5.32 Å². The van der Waals surface area contributed by atoms with Gasteiger partial charge in [-0.1, -0.05) is 18.2 Å². The van der Waals surface area contributed by atoms with Crippen LogP contribution in [0, 0.1) is 5.92 Å². The number of aromatic hydroxyl groups is 1. The molecule has 2 aromatic rings. The SMILES string of the molecule is O=CC1C(c2ccc3c(c2)OCO3)CNC1c1ccc(O)cc1. The van der Waals surface area contributed by atoms with Crippen molar-refractivity contribution in [3.05, 3.63) is 53.6 Å². The third kappa shape index (κ3) is 2.43. The minimum absolute atomic E-state index is 0.0523. The van der Waals surface area contributed by atoms with Gasteiger partial charge in [0.25, 0.3) is 0 Å². The number of benzene rings is 2. The topological polar surface area (TPSA) is 67.8 Å². The van der Waals surface area contributed by atoms with Crippen molar-refractivity contribution in [2.75, 3.05) is 13.3 Å². The molecule has 2 aliphatic rings. The van der Waals surface area contributed by atoms with Crippen molar-refractivity contribution >= 4 is 6.29 Å². The first-order chi connectivity index (χ1) is 11.3. The highest BCUT2D eigenvalue weighted by Gasteiger charge is 2.37. The molecule has 0 radical (unpaired) electrons. The standard InChI is InChI=1S/C18H17NO4/c20-9-15-14(12-3-6-16-17(7-12)23-10-22-16)8-19-18(15)11-1-4-13(21)5-2-11/h1-7,9,14-15,18-19,21H,8,10H2. The van der Waals surface area contributed by atoms with E-state index >= 15 is 0 Å². The molecule has 0 aromatic heterocycles. The van der Waals surface area contributed by atoms with Gasteiger partial charge in [0, 0.05) is 24.4 Å². The Morgan fingerprint density at radius 3 is 2.57 bits per heavy atom. The predicted molar refractivity (Wildman–Crippen MR) is 83.7 cm³/mol. The molecule has 3 unspecified atom stereocenters. The van der Waals surface area contributed by atoms with Crippen molar-refractivity contribution in [2.24, 2.45) is 5.92 Å². The first kappa shape index (κ1) is 14.1. The van der Waals surface area contributed by atoms with Gasteiger partial charge in [-0.2, -0.15) is 0 Å². The van der Waals surface area contributed by atoms with E-state index in [9.17, 15) is 9.90 Å². The van der Waals surface area contributed by atoms with E-state index in [1.807, 2.05) is 30.3 Å². The third-order valence-corrected chi connectivity index (χ3v) is 4.64. The van der Waals surface area contributed by atoms with Gasteiger partial charge in [-0.3, -0.25) is 0 Å². The summed E-state index contributed by atoms with van der Waals surface area (Å²) in [5, 5.41) is 12.9. The number of hydrogen-bond donors (Lipinski definition) is 2. The first-order valence-corrected chi connectivity index (χ1v) is 7.63. The monoisotopic (exact) mass is 311 g/mol. The van der Waals surface area contributed by atoms with Crippen molar-refractivity contribution in [2.45, 2.75) is 12.0 Å². The smallest absolute Gasteiger partial charge is 0.231 e. The molecule has 0 aliphatic carbocycles. The lowest BCUT2D eigenvalue weighted by molar-refractivity contribution is -0.111. The minimum Gasteiger partial charge on any atom is -0.508 e. The van der Waals surface area contributed by atoms with Gasteiger partial charge < -0.3 is 24.7 Å². The lowest BCUT2D eigenvalue weighted by atomic mass is 9.84. The van der Waals surface area contributed by atoms with Gasteiger partial charge in [0.15, 0.2) is 11.5 Å². The molecule has 2 aromatic carbocycles. The molecule has 5 nitrogen and oxygen atoms in total. The maximum atomic E-state index is 11.7. The second-order valence-electron chi connectivity index (χ2n) is 5.91. The van der Waals surface area contributed by atoms with E-state index in [1.54, 1.807) is 12.1 Å². The molecule has 0 spiro atoms. The average molecular weight is 311 g/mol. The Labute approximate surface area is 133 Å². The number of fused-ring (bicyclic) bond motifs is 1. The Hall–Kier alpha value is -2.53. The second-order valence-corrected chi connectivity index (χ2v) is 5.91. The van der Waals surface area contributed by atoms with Crippen molar-refractivity contribution in [1.82, 2.24) is 5.32 Å². The molecule has 1 fully saturated rings. The Kier molecular flexibility index (Phi) is 3.42. The van der Waals surface area contributed by atoms with Crippen molar-refractivity contribution in [1.29, 1.82) is 0 Å². The Bertz CT molecular complexity index is 728. The lowest BCUT2D eigenvalue weighted by Crippen LogP contribution is -2.19. The maximum absolute atomic E-state index is 11.7. The van der Waals surface area contributed by atoms with Gasteiger partial charge in [0.1, 0.15) is 12.0 Å². The Morgan fingerprint density at radius 2 is 1.78 bits per heavy atom. The maximum Gasteiger partial charge on any atom is 0.231 e. The van der Waals surface area contributed by atoms with Crippen LogP contribution in [-0.4, -0.2) is 24.7 Å². The van der Waals surface area contributed by atoms with Crippen LogP contribution < -0.4 is 14.8 Å². The fourth-order valence-corrected chi connectivity index (χ4v) is 3.44. The number of aldehydes is 1. The van der Waals surface area contributed by atoms with Crippen LogP contribution in [0.4, 0.5) is 0 Å². The molecular formula is C18H17NO4. The number of hydrogen-bond acceptors (Lipinski definition) is 5. The summed E-state index contributed by atoms with van der Waals surface area (Å²) in [5.74, 6) is 1.63. The van der Waals surface area contributed by atoms with Gasteiger partial charge in [0.2, 0.25) is 6.79 Å². The quantitative estimate of drug-likeness (QED) is 0.852. The summed E-state index contributed by atoms with van der Waals surface area (Å²) in [6.45, 7) is 0.962. The van der Waals surface area contributed by atoms with Gasteiger partial charge >= 0.3 is 0 Å². The molecule has 0 bridgehead atoms. The highest BCUT2D eigenvalue weighted by molar-refractivity contribution is 5.60. The Balaban J connectivity index is 1.63. The Morgan fingerprint density at radius 1 is 1.04 bits per heavy atom. The largest absolute Gasteiger partial charge is 0.508 e. The number of carbonyl (C=O) groups is 1. The zero-order valence-electron chi connectivity index (χ0n) is 12.4. The number of ether oxygens (including phenoxy) is 2.